The molecule has 1 N–H and O–H groups in total. The number of hydrogen-bond donors (Lipinski definition) is 1. The first-order valence-electron chi connectivity index (χ1n) is 4.61. The van der Waals surface area contributed by atoms with Gasteiger partial charge in [0.2, 0.25) is 5.91 Å². The monoisotopic (exact) mass is 175 g/mol. The van der Waals surface area contributed by atoms with Crippen molar-refractivity contribution in [3.05, 3.63) is 35.9 Å². The highest BCUT2D eigenvalue weighted by Gasteiger charge is 2.32. The van der Waals surface area contributed by atoms with Gasteiger partial charge >= 0.3 is 0 Å². The Labute approximate surface area is 78.0 Å². The lowest BCUT2D eigenvalue weighted by Crippen LogP contribution is -2.17. The number of carbonyl (C=O) groups is 1. The van der Waals surface area contributed by atoms with E-state index in [1.54, 1.807) is 0 Å². The van der Waals surface area contributed by atoms with Crippen LogP contribution in [0, 0.1) is 5.92 Å². The van der Waals surface area contributed by atoms with Gasteiger partial charge in [0, 0.05) is 6.54 Å². The highest BCUT2D eigenvalue weighted by atomic mass is 16.2. The fourth-order valence-electron chi connectivity index (χ4n) is 1.89. The zero-order chi connectivity index (χ0) is 9.26. The van der Waals surface area contributed by atoms with E-state index in [1.807, 2.05) is 30.3 Å². The largest absolute Gasteiger partial charge is 0.355 e. The Kier molecular flexibility index (Phi) is 2.05. The minimum atomic E-state index is 0.0567. The molecule has 0 aromatic heterocycles. The molecule has 0 bridgehead atoms. The van der Waals surface area contributed by atoms with E-state index in [0.29, 0.717) is 5.92 Å². The lowest BCUT2D eigenvalue weighted by Gasteiger charge is -2.11. The number of rotatable bonds is 1. The summed E-state index contributed by atoms with van der Waals surface area (Å²) in [6, 6.07) is 9.97. The molecule has 13 heavy (non-hydrogen) atoms. The van der Waals surface area contributed by atoms with Gasteiger partial charge in [-0.3, -0.25) is 4.79 Å². The van der Waals surface area contributed by atoms with Crippen LogP contribution in [0.1, 0.15) is 18.4 Å². The van der Waals surface area contributed by atoms with Crippen molar-refractivity contribution in [2.75, 3.05) is 6.54 Å². The third kappa shape index (κ3) is 1.44. The maximum atomic E-state index is 11.5. The molecule has 1 saturated heterocycles. The summed E-state index contributed by atoms with van der Waals surface area (Å²) in [5.74, 6) is 0.634. The Morgan fingerprint density at radius 3 is 2.54 bits per heavy atom. The SMILES string of the molecule is C[C@H]1CNC(=O)[C@H]1c1ccccc1. The van der Waals surface area contributed by atoms with Crippen LogP contribution in [0.5, 0.6) is 0 Å². The van der Waals surface area contributed by atoms with Gasteiger partial charge in [-0.1, -0.05) is 37.3 Å². The van der Waals surface area contributed by atoms with Gasteiger partial charge in [0.25, 0.3) is 0 Å². The molecule has 0 saturated carbocycles. The van der Waals surface area contributed by atoms with Crippen LogP contribution in [0.3, 0.4) is 0 Å². The molecule has 1 fully saturated rings. The third-order valence-corrected chi connectivity index (χ3v) is 2.61. The smallest absolute Gasteiger partial charge is 0.227 e. The normalized spacial score (nSPS) is 27.3. The summed E-state index contributed by atoms with van der Waals surface area (Å²) in [7, 11) is 0. The summed E-state index contributed by atoms with van der Waals surface area (Å²) in [5.41, 5.74) is 1.13. The average Bonchev–Trinajstić information content (AvgIpc) is 2.48. The Hall–Kier alpha value is -1.31. The van der Waals surface area contributed by atoms with Crippen LogP contribution in [-0.4, -0.2) is 12.5 Å². The van der Waals surface area contributed by atoms with E-state index < -0.39 is 0 Å². The zero-order valence-electron chi connectivity index (χ0n) is 7.66. The first kappa shape index (κ1) is 8.30. The van der Waals surface area contributed by atoms with Gasteiger partial charge in [-0.25, -0.2) is 0 Å². The van der Waals surface area contributed by atoms with Crippen molar-refractivity contribution < 1.29 is 4.79 Å². The Balaban J connectivity index is 2.30. The number of benzene rings is 1. The first-order chi connectivity index (χ1) is 6.29. The number of hydrogen-bond acceptors (Lipinski definition) is 1. The van der Waals surface area contributed by atoms with Gasteiger partial charge in [-0.05, 0) is 11.5 Å². The molecule has 0 unspecified atom stereocenters. The van der Waals surface area contributed by atoms with E-state index in [-0.39, 0.29) is 11.8 Å². The summed E-state index contributed by atoms with van der Waals surface area (Å²) in [5, 5.41) is 2.88. The molecule has 1 aliphatic rings. The van der Waals surface area contributed by atoms with Gasteiger partial charge in [0.15, 0.2) is 0 Å². The number of nitrogens with one attached hydrogen (secondary N) is 1. The fraction of sp³-hybridized carbons (Fsp3) is 0.364. The highest BCUT2D eigenvalue weighted by Crippen LogP contribution is 2.28. The van der Waals surface area contributed by atoms with E-state index >= 15 is 0 Å². The maximum absolute atomic E-state index is 11.5. The standard InChI is InChI=1S/C11H13NO/c1-8-7-12-11(13)10(8)9-5-3-2-4-6-9/h2-6,8,10H,7H2,1H3,(H,12,13)/t8-,10+/m0/s1. The lowest BCUT2D eigenvalue weighted by molar-refractivity contribution is -0.120. The second-order valence-corrected chi connectivity index (χ2v) is 3.61. The van der Waals surface area contributed by atoms with Crippen molar-refractivity contribution in [3.63, 3.8) is 0 Å². The van der Waals surface area contributed by atoms with Crippen molar-refractivity contribution in [2.24, 2.45) is 5.92 Å². The highest BCUT2D eigenvalue weighted by molar-refractivity contribution is 5.86. The molecule has 2 atom stereocenters. The minimum absolute atomic E-state index is 0.0567. The summed E-state index contributed by atoms with van der Waals surface area (Å²) < 4.78 is 0. The van der Waals surface area contributed by atoms with E-state index in [0.717, 1.165) is 12.1 Å². The molecule has 1 aromatic carbocycles. The minimum Gasteiger partial charge on any atom is -0.355 e. The molecule has 2 rings (SSSR count). The maximum Gasteiger partial charge on any atom is 0.227 e. The van der Waals surface area contributed by atoms with Gasteiger partial charge in [-0.2, -0.15) is 0 Å². The molecule has 1 aliphatic heterocycles. The summed E-state index contributed by atoms with van der Waals surface area (Å²) in [6.45, 7) is 2.91. The predicted molar refractivity (Wildman–Crippen MR) is 51.4 cm³/mol. The van der Waals surface area contributed by atoms with Crippen LogP contribution in [0.4, 0.5) is 0 Å². The van der Waals surface area contributed by atoms with Gasteiger partial charge < -0.3 is 5.32 Å². The molecule has 1 aromatic rings. The van der Waals surface area contributed by atoms with Crippen molar-refractivity contribution >= 4 is 5.91 Å². The van der Waals surface area contributed by atoms with Crippen molar-refractivity contribution in [2.45, 2.75) is 12.8 Å². The summed E-state index contributed by atoms with van der Waals surface area (Å²) >= 11 is 0. The molecule has 0 spiro atoms. The molecule has 1 amide bonds. The topological polar surface area (TPSA) is 29.1 Å². The second kappa shape index (κ2) is 3.21. The van der Waals surface area contributed by atoms with Crippen LogP contribution in [-0.2, 0) is 4.79 Å². The molecule has 0 radical (unpaired) electrons. The predicted octanol–water partition coefficient (Wildman–Crippen LogP) is 1.54. The summed E-state index contributed by atoms with van der Waals surface area (Å²) in [6.07, 6.45) is 0. The van der Waals surface area contributed by atoms with Crippen molar-refractivity contribution in [3.8, 4) is 0 Å². The first-order valence-corrected chi connectivity index (χ1v) is 4.61. The quantitative estimate of drug-likeness (QED) is 0.689. The van der Waals surface area contributed by atoms with Crippen molar-refractivity contribution in [1.29, 1.82) is 0 Å². The van der Waals surface area contributed by atoms with Crippen LogP contribution in [0.25, 0.3) is 0 Å². The van der Waals surface area contributed by atoms with Crippen LogP contribution >= 0.6 is 0 Å². The van der Waals surface area contributed by atoms with E-state index in [1.165, 1.54) is 0 Å². The third-order valence-electron chi connectivity index (χ3n) is 2.61. The number of carbonyl (C=O) groups excluding carboxylic acids is 1. The molecule has 1 heterocycles. The van der Waals surface area contributed by atoms with Gasteiger partial charge in [0.05, 0.1) is 5.92 Å². The molecule has 2 heteroatoms. The Morgan fingerprint density at radius 2 is 2.00 bits per heavy atom. The van der Waals surface area contributed by atoms with Crippen LogP contribution in [0.2, 0.25) is 0 Å². The Morgan fingerprint density at radius 1 is 1.31 bits per heavy atom. The van der Waals surface area contributed by atoms with E-state index in [4.69, 9.17) is 0 Å². The van der Waals surface area contributed by atoms with Gasteiger partial charge in [0.1, 0.15) is 0 Å². The molecule has 68 valence electrons. The van der Waals surface area contributed by atoms with E-state index in [2.05, 4.69) is 12.2 Å². The van der Waals surface area contributed by atoms with Crippen LogP contribution in [0.15, 0.2) is 30.3 Å². The number of amides is 1. The van der Waals surface area contributed by atoms with E-state index in [9.17, 15) is 4.79 Å². The molecular weight excluding hydrogens is 162 g/mol. The zero-order valence-corrected chi connectivity index (χ0v) is 7.66. The fourth-order valence-corrected chi connectivity index (χ4v) is 1.89. The van der Waals surface area contributed by atoms with Crippen molar-refractivity contribution in [1.82, 2.24) is 5.32 Å². The molecular formula is C11H13NO. The van der Waals surface area contributed by atoms with Gasteiger partial charge in [-0.15, -0.1) is 0 Å². The lowest BCUT2D eigenvalue weighted by atomic mass is 9.90. The summed E-state index contributed by atoms with van der Waals surface area (Å²) in [4.78, 5) is 11.5. The molecule has 2 nitrogen and oxygen atoms in total. The Bertz CT molecular complexity index is 307. The molecule has 0 aliphatic carbocycles. The van der Waals surface area contributed by atoms with Crippen LogP contribution < -0.4 is 5.32 Å². The second-order valence-electron chi connectivity index (χ2n) is 3.61. The average molecular weight is 175 g/mol.